The second-order valence-electron chi connectivity index (χ2n) is 5.68. The van der Waals surface area contributed by atoms with Gasteiger partial charge in [-0.25, -0.2) is 0 Å². The van der Waals surface area contributed by atoms with Gasteiger partial charge in [-0.3, -0.25) is 4.99 Å². The molecule has 0 aliphatic heterocycles. The second kappa shape index (κ2) is 8.25. The maximum absolute atomic E-state index is 12.3. The summed E-state index contributed by atoms with van der Waals surface area (Å²) in [5.41, 5.74) is 2.44. The zero-order valence-electron chi connectivity index (χ0n) is 14.3. The highest BCUT2D eigenvalue weighted by atomic mass is 79.9. The maximum atomic E-state index is 12.3. The highest BCUT2D eigenvalue weighted by Gasteiger charge is 2.17. The Balaban J connectivity index is 1.82. The van der Waals surface area contributed by atoms with Crippen molar-refractivity contribution in [3.05, 3.63) is 87.4 Å². The topological polar surface area (TPSA) is 55.7 Å². The molecule has 0 saturated carbocycles. The molecule has 138 valence electrons. The Morgan fingerprint density at radius 1 is 1.04 bits per heavy atom. The van der Waals surface area contributed by atoms with Crippen molar-refractivity contribution >= 4 is 49.6 Å². The fourth-order valence-corrected chi connectivity index (χ4v) is 4.02. The predicted molar refractivity (Wildman–Crippen MR) is 112 cm³/mol. The summed E-state index contributed by atoms with van der Waals surface area (Å²) in [4.78, 5) is 4.54. The molecule has 0 N–H and O–H groups in total. The fourth-order valence-electron chi connectivity index (χ4n) is 2.30. The van der Waals surface area contributed by atoms with E-state index in [0.717, 1.165) is 16.8 Å². The van der Waals surface area contributed by atoms with Crippen molar-refractivity contribution in [3.63, 3.8) is 0 Å². The van der Waals surface area contributed by atoms with Crippen LogP contribution < -0.4 is 4.18 Å². The summed E-state index contributed by atoms with van der Waals surface area (Å²) >= 11 is 9.45. The first kappa shape index (κ1) is 19.6. The van der Waals surface area contributed by atoms with Crippen LogP contribution in [-0.2, 0) is 10.1 Å². The molecule has 0 aliphatic rings. The van der Waals surface area contributed by atoms with Gasteiger partial charge in [-0.15, -0.1) is 0 Å². The van der Waals surface area contributed by atoms with E-state index in [4.69, 9.17) is 15.8 Å². The van der Waals surface area contributed by atoms with Crippen LogP contribution in [0.25, 0.3) is 0 Å². The van der Waals surface area contributed by atoms with Crippen LogP contribution in [0.3, 0.4) is 0 Å². The summed E-state index contributed by atoms with van der Waals surface area (Å²) in [6.07, 6.45) is 1.68. The molecule has 0 fully saturated rings. The first-order valence-corrected chi connectivity index (χ1v) is 10.5. The molecule has 0 aromatic heterocycles. The van der Waals surface area contributed by atoms with Gasteiger partial charge in [-0.1, -0.05) is 35.9 Å². The summed E-state index contributed by atoms with van der Waals surface area (Å²) in [5, 5.41) is 0.653. The van der Waals surface area contributed by atoms with Gasteiger partial charge in [0.1, 0.15) is 4.90 Å². The number of benzene rings is 3. The molecule has 0 atom stereocenters. The fraction of sp³-hybridized carbons (Fsp3) is 0.0500. The van der Waals surface area contributed by atoms with Crippen LogP contribution in [0, 0.1) is 6.92 Å². The minimum Gasteiger partial charge on any atom is -0.378 e. The molecular weight excluding hydrogens is 450 g/mol. The molecule has 0 aliphatic carbocycles. The molecule has 0 heterocycles. The molecule has 3 rings (SSSR count). The smallest absolute Gasteiger partial charge is 0.339 e. The molecule has 0 amide bonds. The Kier molecular flexibility index (Phi) is 5.99. The molecule has 3 aromatic carbocycles. The molecule has 0 bridgehead atoms. The van der Waals surface area contributed by atoms with Gasteiger partial charge in [0, 0.05) is 11.2 Å². The average Bonchev–Trinajstić information content (AvgIpc) is 2.65. The average molecular weight is 465 g/mol. The van der Waals surface area contributed by atoms with Crippen molar-refractivity contribution in [2.24, 2.45) is 4.99 Å². The Hall–Kier alpha value is -2.15. The quantitative estimate of drug-likeness (QED) is 0.347. The predicted octanol–water partition coefficient (Wildman–Crippen LogP) is 5.93. The van der Waals surface area contributed by atoms with Crippen molar-refractivity contribution in [2.45, 2.75) is 11.8 Å². The first-order valence-electron chi connectivity index (χ1n) is 7.95. The zero-order valence-corrected chi connectivity index (χ0v) is 17.4. The molecule has 0 unspecified atom stereocenters. The minimum absolute atomic E-state index is 0.0963. The Labute approximate surface area is 171 Å². The third-order valence-electron chi connectivity index (χ3n) is 3.78. The van der Waals surface area contributed by atoms with E-state index in [9.17, 15) is 8.42 Å². The molecular formula is C20H15BrClNO3S. The van der Waals surface area contributed by atoms with Crippen LogP contribution in [0.4, 0.5) is 5.69 Å². The van der Waals surface area contributed by atoms with E-state index < -0.39 is 10.1 Å². The van der Waals surface area contributed by atoms with Crippen LogP contribution in [-0.4, -0.2) is 14.6 Å². The molecule has 3 aromatic rings. The number of nitrogens with zero attached hydrogens (tertiary/aromatic N) is 1. The van der Waals surface area contributed by atoms with Crippen LogP contribution >= 0.6 is 27.5 Å². The van der Waals surface area contributed by atoms with Crippen LogP contribution in [0.15, 0.2) is 81.1 Å². The highest BCUT2D eigenvalue weighted by Crippen LogP contribution is 2.29. The van der Waals surface area contributed by atoms with Gasteiger partial charge in [0.2, 0.25) is 0 Å². The lowest BCUT2D eigenvalue weighted by Gasteiger charge is -2.09. The Bertz CT molecular complexity index is 1100. The van der Waals surface area contributed by atoms with E-state index in [1.165, 1.54) is 12.1 Å². The van der Waals surface area contributed by atoms with Gasteiger partial charge in [-0.2, -0.15) is 8.42 Å². The number of hydrogen-bond donors (Lipinski definition) is 0. The van der Waals surface area contributed by atoms with Gasteiger partial charge in [0.15, 0.2) is 5.75 Å². The van der Waals surface area contributed by atoms with Crippen molar-refractivity contribution < 1.29 is 12.6 Å². The SMILES string of the molecule is Cc1c(Cl)cccc1N=Cc1ccc(OS(=O)(=O)c2ccccc2)c(Br)c1. The third-order valence-corrected chi connectivity index (χ3v) is 6.06. The lowest BCUT2D eigenvalue weighted by Crippen LogP contribution is -2.09. The number of aliphatic imine (C=N–C) groups is 1. The van der Waals surface area contributed by atoms with Crippen molar-refractivity contribution in [3.8, 4) is 5.75 Å². The van der Waals surface area contributed by atoms with Crippen LogP contribution in [0.1, 0.15) is 11.1 Å². The van der Waals surface area contributed by atoms with E-state index in [1.807, 2.05) is 25.1 Å². The van der Waals surface area contributed by atoms with Crippen LogP contribution in [0.2, 0.25) is 5.02 Å². The standard InChI is InChI=1S/C20H15BrClNO3S/c1-14-18(22)8-5-9-19(14)23-13-15-10-11-20(17(21)12-15)26-27(24,25)16-6-3-2-4-7-16/h2-13H,1H3. The summed E-state index contributed by atoms with van der Waals surface area (Å²) in [6.45, 7) is 1.90. The molecule has 27 heavy (non-hydrogen) atoms. The Morgan fingerprint density at radius 2 is 1.78 bits per heavy atom. The Morgan fingerprint density at radius 3 is 2.48 bits per heavy atom. The van der Waals surface area contributed by atoms with Crippen molar-refractivity contribution in [2.75, 3.05) is 0 Å². The number of hydrogen-bond acceptors (Lipinski definition) is 4. The normalized spacial score (nSPS) is 11.7. The first-order chi connectivity index (χ1) is 12.9. The lowest BCUT2D eigenvalue weighted by atomic mass is 10.2. The summed E-state index contributed by atoms with van der Waals surface area (Å²) in [5.74, 6) is 0.204. The van der Waals surface area contributed by atoms with E-state index in [-0.39, 0.29) is 10.6 Å². The summed E-state index contributed by atoms with van der Waals surface area (Å²) in [6, 6.07) is 18.6. The maximum Gasteiger partial charge on any atom is 0.339 e. The summed E-state index contributed by atoms with van der Waals surface area (Å²) < 4.78 is 30.4. The number of rotatable bonds is 5. The van der Waals surface area contributed by atoms with Gasteiger partial charge in [0.25, 0.3) is 0 Å². The molecule has 0 spiro atoms. The van der Waals surface area contributed by atoms with Gasteiger partial charge in [0.05, 0.1) is 10.2 Å². The van der Waals surface area contributed by atoms with Crippen LogP contribution in [0.5, 0.6) is 5.75 Å². The number of halogens is 2. The monoisotopic (exact) mass is 463 g/mol. The zero-order chi connectivity index (χ0) is 19.4. The molecule has 0 saturated heterocycles. The largest absolute Gasteiger partial charge is 0.378 e. The summed E-state index contributed by atoms with van der Waals surface area (Å²) in [7, 11) is -3.89. The van der Waals surface area contributed by atoms with Gasteiger partial charge < -0.3 is 4.18 Å². The van der Waals surface area contributed by atoms with Crippen molar-refractivity contribution in [1.29, 1.82) is 0 Å². The van der Waals surface area contributed by atoms with E-state index >= 15 is 0 Å². The van der Waals surface area contributed by atoms with Gasteiger partial charge in [-0.05, 0) is 76.4 Å². The van der Waals surface area contributed by atoms with E-state index in [2.05, 4.69) is 20.9 Å². The highest BCUT2D eigenvalue weighted by molar-refractivity contribution is 9.10. The van der Waals surface area contributed by atoms with E-state index in [1.54, 1.807) is 42.6 Å². The van der Waals surface area contributed by atoms with Crippen molar-refractivity contribution in [1.82, 2.24) is 0 Å². The third kappa shape index (κ3) is 4.77. The molecule has 4 nitrogen and oxygen atoms in total. The molecule has 7 heteroatoms. The lowest BCUT2D eigenvalue weighted by molar-refractivity contribution is 0.484. The van der Waals surface area contributed by atoms with E-state index in [0.29, 0.717) is 9.50 Å². The van der Waals surface area contributed by atoms with Gasteiger partial charge >= 0.3 is 10.1 Å². The second-order valence-corrected chi connectivity index (χ2v) is 8.49. The minimum atomic E-state index is -3.89. The molecule has 0 radical (unpaired) electrons.